The molecule has 2 aromatic carbocycles. The Hall–Kier alpha value is -4.60. The summed E-state index contributed by atoms with van der Waals surface area (Å²) >= 11 is 0. The zero-order chi connectivity index (χ0) is 31.1. The lowest BCUT2D eigenvalue weighted by atomic mass is 10.1. The van der Waals surface area contributed by atoms with E-state index in [1.807, 2.05) is 66.7 Å². The van der Waals surface area contributed by atoms with E-state index < -0.39 is 23.5 Å². The van der Waals surface area contributed by atoms with Gasteiger partial charge in [-0.15, -0.1) is 0 Å². The first-order valence-corrected chi connectivity index (χ1v) is 15.2. The van der Waals surface area contributed by atoms with Crippen molar-refractivity contribution >= 4 is 28.8 Å². The van der Waals surface area contributed by atoms with E-state index in [0.29, 0.717) is 30.0 Å². The number of fused-ring (bicyclic) bond motifs is 2. The molecule has 0 saturated heterocycles. The fourth-order valence-corrected chi connectivity index (χ4v) is 5.48. The summed E-state index contributed by atoms with van der Waals surface area (Å²) < 4.78 is 17.1. The molecule has 5 rings (SSSR count). The van der Waals surface area contributed by atoms with Crippen LogP contribution >= 0.6 is 0 Å². The third-order valence-corrected chi connectivity index (χ3v) is 8.16. The molecule has 0 bridgehead atoms. The Morgan fingerprint density at radius 1 is 1.11 bits per heavy atom. The number of amides is 3. The van der Waals surface area contributed by atoms with Crippen LogP contribution in [0.1, 0.15) is 39.0 Å². The van der Waals surface area contributed by atoms with Crippen LogP contribution in [0.25, 0.3) is 22.2 Å². The number of nitrogens with one attached hydrogen (secondary N) is 2. The van der Waals surface area contributed by atoms with Crippen molar-refractivity contribution in [1.29, 1.82) is 0 Å². The second kappa shape index (κ2) is 13.8. The largest absolute Gasteiger partial charge is 0.497 e. The van der Waals surface area contributed by atoms with E-state index in [0.717, 1.165) is 35.9 Å². The number of rotatable bonds is 8. The second-order valence-corrected chi connectivity index (χ2v) is 11.2. The number of benzene rings is 2. The first-order chi connectivity index (χ1) is 21.3. The van der Waals surface area contributed by atoms with E-state index in [-0.39, 0.29) is 31.6 Å². The molecule has 3 amide bonds. The Balaban J connectivity index is 1.39. The van der Waals surface area contributed by atoms with Crippen molar-refractivity contribution in [2.24, 2.45) is 5.92 Å². The monoisotopic (exact) mass is 600 g/mol. The Bertz CT molecular complexity index is 1530. The second-order valence-electron chi connectivity index (χ2n) is 11.2. The van der Waals surface area contributed by atoms with E-state index in [9.17, 15) is 14.4 Å². The summed E-state index contributed by atoms with van der Waals surface area (Å²) in [5, 5.41) is 6.60. The summed E-state index contributed by atoms with van der Waals surface area (Å²) in [5.74, 6) is 0.205. The number of urea groups is 1. The molecule has 2 heterocycles. The highest BCUT2D eigenvalue weighted by Gasteiger charge is 2.61. The predicted octanol–water partition coefficient (Wildman–Crippen LogP) is 4.87. The summed E-state index contributed by atoms with van der Waals surface area (Å²) in [4.78, 5) is 46.2. The zero-order valence-corrected chi connectivity index (χ0v) is 25.5. The van der Waals surface area contributed by atoms with E-state index in [1.54, 1.807) is 26.0 Å². The number of pyridine rings is 1. The normalized spacial score (nSPS) is 22.3. The van der Waals surface area contributed by atoms with Crippen LogP contribution in [-0.4, -0.2) is 73.3 Å². The van der Waals surface area contributed by atoms with Crippen LogP contribution in [0.5, 0.6) is 11.5 Å². The number of hydrogen-bond donors (Lipinski definition) is 2. The number of hydrogen-bond acceptors (Lipinski definition) is 7. The summed E-state index contributed by atoms with van der Waals surface area (Å²) in [6.07, 6.45) is 7.25. The Labute approximate surface area is 257 Å². The fraction of sp³-hybridized carbons (Fsp3) is 0.412. The minimum atomic E-state index is -1.13. The number of carbonyl (C=O) groups excluding carboxylic acids is 3. The van der Waals surface area contributed by atoms with Crippen LogP contribution in [0.15, 0.2) is 66.7 Å². The van der Waals surface area contributed by atoms with Crippen LogP contribution in [0.3, 0.4) is 0 Å². The molecule has 2 N–H and O–H groups in total. The van der Waals surface area contributed by atoms with Gasteiger partial charge in [0.25, 0.3) is 0 Å². The molecule has 0 radical (unpaired) electrons. The standard InChI is InChI=1S/C34H40N4O6/c1-4-43-32(40)34-22-24(34)14-10-5-6-11-18-38(2)33(41)36-27(31(39)37-34)17-19-44-30-21-28(23-12-8-7-9-13-23)35-29-20-25(42-3)15-16-26(29)30/h7-10,12-16,20-21,24,27H,4-6,11,17-19,22H2,1-3H3,(H,36,41)(H,37,39)/t24-,27+,34-/m1/s1. The molecule has 1 aliphatic carbocycles. The van der Waals surface area contributed by atoms with Gasteiger partial charge >= 0.3 is 12.0 Å². The summed E-state index contributed by atoms with van der Waals surface area (Å²) in [6.45, 7) is 2.64. The molecule has 3 aromatic rings. The highest BCUT2D eigenvalue weighted by Crippen LogP contribution is 2.46. The van der Waals surface area contributed by atoms with Gasteiger partial charge in [-0.05, 0) is 44.7 Å². The molecule has 2 aliphatic rings. The summed E-state index contributed by atoms with van der Waals surface area (Å²) in [6, 6.07) is 16.0. The van der Waals surface area contributed by atoms with Gasteiger partial charge in [-0.25, -0.2) is 14.6 Å². The number of methoxy groups -OCH3 is 1. The molecule has 0 spiro atoms. The molecular formula is C34H40N4O6. The number of ether oxygens (including phenoxy) is 3. The van der Waals surface area contributed by atoms with Gasteiger partial charge in [0.15, 0.2) is 0 Å². The van der Waals surface area contributed by atoms with Gasteiger partial charge in [-0.1, -0.05) is 42.5 Å². The number of aromatic nitrogens is 1. The number of allylic oxidation sites excluding steroid dienone is 1. The van der Waals surface area contributed by atoms with Gasteiger partial charge in [-0.3, -0.25) is 4.79 Å². The lowest BCUT2D eigenvalue weighted by molar-refractivity contribution is -0.149. The average molecular weight is 601 g/mol. The van der Waals surface area contributed by atoms with Crippen molar-refractivity contribution in [1.82, 2.24) is 20.5 Å². The molecule has 1 fully saturated rings. The van der Waals surface area contributed by atoms with Gasteiger partial charge in [0.05, 0.1) is 31.5 Å². The first-order valence-electron chi connectivity index (χ1n) is 15.2. The SMILES string of the molecule is CCOC(=O)[C@@]12C[C@H]1C=CCCCCN(C)C(=O)N[C@@H](CCOc1cc(-c3ccccc3)nc3cc(OC)ccc13)C(=O)N2. The van der Waals surface area contributed by atoms with E-state index >= 15 is 0 Å². The van der Waals surface area contributed by atoms with Crippen LogP contribution < -0.4 is 20.1 Å². The topological polar surface area (TPSA) is 119 Å². The molecule has 10 heteroatoms. The molecule has 1 aliphatic heterocycles. The van der Waals surface area contributed by atoms with Crippen LogP contribution in [-0.2, 0) is 14.3 Å². The van der Waals surface area contributed by atoms with Gasteiger partial charge in [0.2, 0.25) is 5.91 Å². The van der Waals surface area contributed by atoms with Crippen molar-refractivity contribution in [3.63, 3.8) is 0 Å². The van der Waals surface area contributed by atoms with Gasteiger partial charge in [0, 0.05) is 49.0 Å². The Kier molecular flexibility index (Phi) is 9.67. The minimum Gasteiger partial charge on any atom is -0.497 e. The molecule has 232 valence electrons. The van der Waals surface area contributed by atoms with Crippen LogP contribution in [0.4, 0.5) is 4.79 Å². The highest BCUT2D eigenvalue weighted by molar-refractivity contribution is 5.95. The van der Waals surface area contributed by atoms with Crippen molar-refractivity contribution in [3.8, 4) is 22.8 Å². The van der Waals surface area contributed by atoms with Crippen LogP contribution in [0, 0.1) is 5.92 Å². The Morgan fingerprint density at radius 2 is 1.93 bits per heavy atom. The quantitative estimate of drug-likeness (QED) is 0.280. The maximum atomic E-state index is 13.7. The molecule has 0 unspecified atom stereocenters. The molecular weight excluding hydrogens is 560 g/mol. The van der Waals surface area contributed by atoms with Crippen molar-refractivity contribution in [2.75, 3.05) is 33.9 Å². The number of esters is 1. The molecule has 10 nitrogen and oxygen atoms in total. The molecule has 1 aromatic heterocycles. The lowest BCUT2D eigenvalue weighted by Gasteiger charge is -2.26. The third-order valence-electron chi connectivity index (χ3n) is 8.16. The fourth-order valence-electron chi connectivity index (χ4n) is 5.48. The number of nitrogens with zero attached hydrogens (tertiary/aromatic N) is 2. The van der Waals surface area contributed by atoms with E-state index in [1.165, 1.54) is 0 Å². The number of carbonyl (C=O) groups is 3. The molecule has 44 heavy (non-hydrogen) atoms. The van der Waals surface area contributed by atoms with Gasteiger partial charge in [0.1, 0.15) is 23.1 Å². The summed E-state index contributed by atoms with van der Waals surface area (Å²) in [7, 11) is 3.32. The third kappa shape index (κ3) is 6.96. The smallest absolute Gasteiger partial charge is 0.332 e. The lowest BCUT2D eigenvalue weighted by Crippen LogP contribution is -2.56. The van der Waals surface area contributed by atoms with Gasteiger partial charge < -0.3 is 29.7 Å². The zero-order valence-electron chi connectivity index (χ0n) is 25.5. The van der Waals surface area contributed by atoms with E-state index in [2.05, 4.69) is 10.6 Å². The maximum absolute atomic E-state index is 13.7. The maximum Gasteiger partial charge on any atom is 0.332 e. The van der Waals surface area contributed by atoms with Gasteiger partial charge in [-0.2, -0.15) is 0 Å². The molecule has 3 atom stereocenters. The first kappa shape index (κ1) is 30.8. The predicted molar refractivity (Wildman–Crippen MR) is 167 cm³/mol. The average Bonchev–Trinajstić information content (AvgIpc) is 3.74. The van der Waals surface area contributed by atoms with Crippen molar-refractivity contribution in [2.45, 2.75) is 50.6 Å². The molecule has 1 saturated carbocycles. The highest BCUT2D eigenvalue weighted by atomic mass is 16.5. The summed E-state index contributed by atoms with van der Waals surface area (Å²) in [5.41, 5.74) is 1.24. The Morgan fingerprint density at radius 3 is 2.70 bits per heavy atom. The van der Waals surface area contributed by atoms with Crippen LogP contribution in [0.2, 0.25) is 0 Å². The van der Waals surface area contributed by atoms with E-state index in [4.69, 9.17) is 19.2 Å². The van der Waals surface area contributed by atoms with Crippen molar-refractivity contribution < 1.29 is 28.6 Å². The minimum absolute atomic E-state index is 0.122. The van der Waals surface area contributed by atoms with Crippen molar-refractivity contribution in [3.05, 3.63) is 66.7 Å².